The van der Waals surface area contributed by atoms with Gasteiger partial charge in [-0.1, -0.05) is 52.9 Å². The maximum Gasteiger partial charge on any atom is -0.0386 e. The molecule has 0 aromatic carbocycles. The van der Waals surface area contributed by atoms with Gasteiger partial charge in [-0.3, -0.25) is 0 Å². The Labute approximate surface area is 121 Å². The van der Waals surface area contributed by atoms with Crippen LogP contribution in [0.1, 0.15) is 91.4 Å². The largest absolute Gasteiger partial charge is 0.0654 e. The smallest absolute Gasteiger partial charge is 0.0386 e. The van der Waals surface area contributed by atoms with Gasteiger partial charge in [0.15, 0.2) is 0 Å². The minimum absolute atomic E-state index is 0.988. The Morgan fingerprint density at radius 2 is 1.32 bits per heavy atom. The zero-order valence-corrected chi connectivity index (χ0v) is 13.7. The molecule has 0 aromatic heterocycles. The van der Waals surface area contributed by atoms with Crippen molar-refractivity contribution >= 4 is 0 Å². The van der Waals surface area contributed by atoms with Crippen LogP contribution in [0.4, 0.5) is 0 Å². The summed E-state index contributed by atoms with van der Waals surface area (Å²) in [4.78, 5) is 0. The van der Waals surface area contributed by atoms with Crippen LogP contribution in [0.3, 0.4) is 0 Å². The Kier molecular flexibility index (Phi) is 6.23. The summed E-state index contributed by atoms with van der Waals surface area (Å²) in [6.07, 6.45) is 16.6. The van der Waals surface area contributed by atoms with Crippen molar-refractivity contribution in [3.63, 3.8) is 0 Å². The molecule has 0 nitrogen and oxygen atoms in total. The molecule has 0 heteroatoms. The van der Waals surface area contributed by atoms with Crippen LogP contribution in [0, 0.1) is 29.6 Å². The van der Waals surface area contributed by atoms with Crippen molar-refractivity contribution in [1.29, 1.82) is 0 Å². The molecule has 2 fully saturated rings. The van der Waals surface area contributed by atoms with Crippen molar-refractivity contribution in [2.45, 2.75) is 91.4 Å². The standard InChI is InChI=1S/C19H36/c1-4-6-15(3)17-11-13-19(14-12-17)18-9-7-16(5-2)8-10-18/h15-19H,4-14H2,1-3H3. The van der Waals surface area contributed by atoms with Crippen LogP contribution in [0.25, 0.3) is 0 Å². The molecular weight excluding hydrogens is 228 g/mol. The molecule has 1 unspecified atom stereocenters. The van der Waals surface area contributed by atoms with Crippen LogP contribution in [-0.4, -0.2) is 0 Å². The van der Waals surface area contributed by atoms with E-state index in [9.17, 15) is 0 Å². The van der Waals surface area contributed by atoms with Crippen LogP contribution >= 0.6 is 0 Å². The van der Waals surface area contributed by atoms with Crippen LogP contribution in [-0.2, 0) is 0 Å². The van der Waals surface area contributed by atoms with E-state index in [-0.39, 0.29) is 0 Å². The molecule has 0 heterocycles. The van der Waals surface area contributed by atoms with Gasteiger partial charge in [0.05, 0.1) is 0 Å². The molecule has 2 aliphatic carbocycles. The van der Waals surface area contributed by atoms with Gasteiger partial charge in [-0.05, 0) is 68.1 Å². The summed E-state index contributed by atoms with van der Waals surface area (Å²) >= 11 is 0. The lowest BCUT2D eigenvalue weighted by Crippen LogP contribution is -2.27. The van der Waals surface area contributed by atoms with Gasteiger partial charge in [0.2, 0.25) is 0 Å². The van der Waals surface area contributed by atoms with E-state index in [4.69, 9.17) is 0 Å². The predicted octanol–water partition coefficient (Wildman–Crippen LogP) is 6.45. The van der Waals surface area contributed by atoms with E-state index >= 15 is 0 Å². The second kappa shape index (κ2) is 7.70. The highest BCUT2D eigenvalue weighted by Gasteiger charge is 2.31. The fourth-order valence-electron chi connectivity index (χ4n) is 4.94. The Hall–Kier alpha value is 0. The first-order valence-electron chi connectivity index (χ1n) is 9.24. The summed E-state index contributed by atoms with van der Waals surface area (Å²) < 4.78 is 0. The molecule has 0 aromatic rings. The minimum atomic E-state index is 0.988. The van der Waals surface area contributed by atoms with Crippen LogP contribution in [0.5, 0.6) is 0 Å². The van der Waals surface area contributed by atoms with E-state index < -0.39 is 0 Å². The molecule has 112 valence electrons. The van der Waals surface area contributed by atoms with E-state index in [0.717, 1.165) is 29.6 Å². The average molecular weight is 264 g/mol. The third kappa shape index (κ3) is 4.23. The Morgan fingerprint density at radius 1 is 0.789 bits per heavy atom. The quantitative estimate of drug-likeness (QED) is 0.535. The molecule has 0 saturated heterocycles. The van der Waals surface area contributed by atoms with Crippen LogP contribution < -0.4 is 0 Å². The van der Waals surface area contributed by atoms with Gasteiger partial charge in [-0.25, -0.2) is 0 Å². The molecular formula is C19H36. The molecule has 2 rings (SSSR count). The first-order valence-corrected chi connectivity index (χ1v) is 9.24. The van der Waals surface area contributed by atoms with Gasteiger partial charge in [-0.2, -0.15) is 0 Å². The van der Waals surface area contributed by atoms with E-state index in [1.165, 1.54) is 32.1 Å². The van der Waals surface area contributed by atoms with E-state index in [0.29, 0.717) is 0 Å². The zero-order chi connectivity index (χ0) is 13.7. The molecule has 0 spiro atoms. The molecule has 0 aliphatic heterocycles. The maximum absolute atomic E-state index is 2.50. The second-order valence-corrected chi connectivity index (χ2v) is 7.63. The van der Waals surface area contributed by atoms with Crippen molar-refractivity contribution in [3.8, 4) is 0 Å². The highest BCUT2D eigenvalue weighted by atomic mass is 14.4. The SMILES string of the molecule is CCCC(C)C1CCC(C2CCC(CC)CC2)CC1. The predicted molar refractivity (Wildman–Crippen MR) is 85.3 cm³/mol. The molecule has 2 saturated carbocycles. The summed E-state index contributed by atoms with van der Waals surface area (Å²) in [7, 11) is 0. The summed E-state index contributed by atoms with van der Waals surface area (Å²) in [6.45, 7) is 7.22. The van der Waals surface area contributed by atoms with Crippen LogP contribution in [0.15, 0.2) is 0 Å². The van der Waals surface area contributed by atoms with Crippen LogP contribution in [0.2, 0.25) is 0 Å². The molecule has 0 bridgehead atoms. The average Bonchev–Trinajstić information content (AvgIpc) is 2.48. The second-order valence-electron chi connectivity index (χ2n) is 7.63. The van der Waals surface area contributed by atoms with Gasteiger partial charge >= 0.3 is 0 Å². The maximum atomic E-state index is 2.50. The lowest BCUT2D eigenvalue weighted by Gasteiger charge is -2.39. The molecule has 2 aliphatic rings. The monoisotopic (exact) mass is 264 g/mol. The van der Waals surface area contributed by atoms with Crippen molar-refractivity contribution in [2.24, 2.45) is 29.6 Å². The van der Waals surface area contributed by atoms with Crippen molar-refractivity contribution in [3.05, 3.63) is 0 Å². The lowest BCUT2D eigenvalue weighted by atomic mass is 9.67. The van der Waals surface area contributed by atoms with Crippen molar-refractivity contribution < 1.29 is 0 Å². The summed E-state index contributed by atoms with van der Waals surface area (Å²) in [5.74, 6) is 5.32. The third-order valence-electron chi connectivity index (χ3n) is 6.50. The normalized spacial score (nSPS) is 38.1. The van der Waals surface area contributed by atoms with Gasteiger partial charge in [0.1, 0.15) is 0 Å². The fraction of sp³-hybridized carbons (Fsp3) is 1.00. The van der Waals surface area contributed by atoms with E-state index in [2.05, 4.69) is 20.8 Å². The Balaban J connectivity index is 1.71. The molecule has 0 N–H and O–H groups in total. The Morgan fingerprint density at radius 3 is 1.79 bits per heavy atom. The van der Waals surface area contributed by atoms with Gasteiger partial charge in [0.25, 0.3) is 0 Å². The van der Waals surface area contributed by atoms with Crippen molar-refractivity contribution in [2.75, 3.05) is 0 Å². The van der Waals surface area contributed by atoms with Gasteiger partial charge in [0, 0.05) is 0 Å². The zero-order valence-electron chi connectivity index (χ0n) is 13.7. The third-order valence-corrected chi connectivity index (χ3v) is 6.50. The first-order chi connectivity index (χ1) is 9.24. The highest BCUT2D eigenvalue weighted by Crippen LogP contribution is 2.43. The first kappa shape index (κ1) is 15.4. The fourth-order valence-corrected chi connectivity index (χ4v) is 4.94. The highest BCUT2D eigenvalue weighted by molar-refractivity contribution is 4.83. The summed E-state index contributed by atoms with van der Waals surface area (Å²) in [5.41, 5.74) is 0. The number of hydrogen-bond acceptors (Lipinski definition) is 0. The molecule has 0 amide bonds. The van der Waals surface area contributed by atoms with E-state index in [1.807, 2.05) is 0 Å². The topological polar surface area (TPSA) is 0 Å². The number of hydrogen-bond donors (Lipinski definition) is 0. The lowest BCUT2D eigenvalue weighted by molar-refractivity contribution is 0.125. The summed E-state index contributed by atoms with van der Waals surface area (Å²) in [6, 6.07) is 0. The summed E-state index contributed by atoms with van der Waals surface area (Å²) in [5, 5.41) is 0. The Bertz CT molecular complexity index is 228. The van der Waals surface area contributed by atoms with Gasteiger partial charge in [-0.15, -0.1) is 0 Å². The molecule has 1 atom stereocenters. The molecule has 0 radical (unpaired) electrons. The molecule has 19 heavy (non-hydrogen) atoms. The minimum Gasteiger partial charge on any atom is -0.0654 e. The van der Waals surface area contributed by atoms with E-state index in [1.54, 1.807) is 38.5 Å². The number of rotatable bonds is 5. The van der Waals surface area contributed by atoms with Crippen molar-refractivity contribution in [1.82, 2.24) is 0 Å². The van der Waals surface area contributed by atoms with Gasteiger partial charge < -0.3 is 0 Å².